The summed E-state index contributed by atoms with van der Waals surface area (Å²) >= 11 is 0. The maximum Gasteiger partial charge on any atom is 0.171 e. The Labute approximate surface area is 165 Å². The quantitative estimate of drug-likeness (QED) is 0.636. The molecule has 0 aliphatic carbocycles. The van der Waals surface area contributed by atoms with Gasteiger partial charge in [-0.15, -0.1) is 0 Å². The predicted molar refractivity (Wildman–Crippen MR) is 113 cm³/mol. The maximum absolute atomic E-state index is 5.82. The molecule has 0 amide bonds. The normalized spacial score (nSPS) is 13.8. The average molecular weight is 378 g/mol. The highest BCUT2D eigenvalue weighted by Crippen LogP contribution is 2.49. The van der Waals surface area contributed by atoms with Crippen LogP contribution in [-0.2, 0) is 0 Å². The van der Waals surface area contributed by atoms with Crippen molar-refractivity contribution >= 4 is 16.7 Å². The Morgan fingerprint density at radius 1 is 0.857 bits per heavy atom. The second-order valence-electron chi connectivity index (χ2n) is 7.04. The molecule has 146 valence electrons. The summed E-state index contributed by atoms with van der Waals surface area (Å²) in [5.74, 6) is 3.08. The second-order valence-corrected chi connectivity index (χ2v) is 7.04. The van der Waals surface area contributed by atoms with Crippen molar-refractivity contribution in [1.82, 2.24) is 4.98 Å². The summed E-state index contributed by atoms with van der Waals surface area (Å²) in [6, 6.07) is 12.5. The first-order chi connectivity index (χ1) is 13.7. The van der Waals surface area contributed by atoms with Gasteiger partial charge in [0.2, 0.25) is 0 Å². The van der Waals surface area contributed by atoms with E-state index in [1.54, 1.807) is 21.3 Å². The molecule has 0 spiro atoms. The van der Waals surface area contributed by atoms with Gasteiger partial charge >= 0.3 is 0 Å². The molecular weight excluding hydrogens is 352 g/mol. The van der Waals surface area contributed by atoms with Gasteiger partial charge in [-0.2, -0.15) is 0 Å². The Morgan fingerprint density at radius 2 is 1.50 bits per heavy atom. The van der Waals surface area contributed by atoms with Gasteiger partial charge in [-0.1, -0.05) is 30.3 Å². The fourth-order valence-corrected chi connectivity index (χ4v) is 4.13. The van der Waals surface area contributed by atoms with Gasteiger partial charge in [0.05, 0.1) is 26.7 Å². The Bertz CT molecular complexity index is 996. The molecule has 0 atom stereocenters. The molecule has 0 saturated carbocycles. The molecule has 0 bridgehead atoms. The van der Waals surface area contributed by atoms with Crippen LogP contribution in [0.3, 0.4) is 0 Å². The van der Waals surface area contributed by atoms with Crippen molar-refractivity contribution in [3.05, 3.63) is 42.0 Å². The van der Waals surface area contributed by atoms with E-state index in [9.17, 15) is 0 Å². The van der Waals surface area contributed by atoms with Crippen molar-refractivity contribution in [3.8, 4) is 28.4 Å². The number of hydrogen-bond acceptors (Lipinski definition) is 5. The molecule has 1 saturated heterocycles. The van der Waals surface area contributed by atoms with Crippen LogP contribution in [0.15, 0.2) is 36.4 Å². The minimum Gasteiger partial charge on any atom is -0.494 e. The van der Waals surface area contributed by atoms with Gasteiger partial charge in [0.25, 0.3) is 0 Å². The Morgan fingerprint density at radius 3 is 2.11 bits per heavy atom. The number of methoxy groups -OCH3 is 3. The Kier molecular flexibility index (Phi) is 4.99. The van der Waals surface area contributed by atoms with Gasteiger partial charge in [0, 0.05) is 18.7 Å². The van der Waals surface area contributed by atoms with Crippen LogP contribution >= 0.6 is 0 Å². The number of ether oxygens (including phenoxy) is 3. The van der Waals surface area contributed by atoms with E-state index in [2.05, 4.69) is 23.1 Å². The number of aromatic nitrogens is 1. The molecular formula is C23H26N2O3. The molecule has 5 heteroatoms. The topological polar surface area (TPSA) is 43.8 Å². The molecule has 3 aromatic rings. The molecule has 1 aromatic heterocycles. The summed E-state index contributed by atoms with van der Waals surface area (Å²) in [7, 11) is 5.01. The zero-order valence-corrected chi connectivity index (χ0v) is 16.9. The zero-order valence-electron chi connectivity index (χ0n) is 16.9. The van der Waals surface area contributed by atoms with Crippen LogP contribution in [0.5, 0.6) is 17.2 Å². The molecule has 1 fully saturated rings. The standard InChI is InChI=1S/C23H26N2O3/c1-15-21(26-2)20-19(23(28-4)22(15)27-3)17(16-10-6-5-7-11-16)14-18(24-20)25-12-8-9-13-25/h5-7,10-11,14H,8-9,12-13H2,1-4H3. The fraction of sp³-hybridized carbons (Fsp3) is 0.348. The molecule has 0 radical (unpaired) electrons. The lowest BCUT2D eigenvalue weighted by atomic mass is 9.97. The van der Waals surface area contributed by atoms with E-state index in [1.807, 2.05) is 25.1 Å². The number of anilines is 1. The monoisotopic (exact) mass is 378 g/mol. The van der Waals surface area contributed by atoms with Gasteiger partial charge in [0.1, 0.15) is 11.3 Å². The first-order valence-corrected chi connectivity index (χ1v) is 9.63. The lowest BCUT2D eigenvalue weighted by Crippen LogP contribution is -2.19. The Hall–Kier alpha value is -2.95. The van der Waals surface area contributed by atoms with Crippen molar-refractivity contribution in [2.75, 3.05) is 39.3 Å². The van der Waals surface area contributed by atoms with E-state index in [0.717, 1.165) is 52.3 Å². The lowest BCUT2D eigenvalue weighted by Gasteiger charge is -2.23. The number of benzene rings is 2. The third-order valence-corrected chi connectivity index (χ3v) is 5.46. The number of hydrogen-bond donors (Lipinski definition) is 0. The molecule has 1 aliphatic rings. The molecule has 0 unspecified atom stereocenters. The van der Waals surface area contributed by atoms with Gasteiger partial charge in [-0.05, 0) is 37.0 Å². The molecule has 28 heavy (non-hydrogen) atoms. The molecule has 2 aromatic carbocycles. The predicted octanol–water partition coefficient (Wildman–Crippen LogP) is 4.84. The van der Waals surface area contributed by atoms with Gasteiger partial charge in [-0.25, -0.2) is 4.98 Å². The first kappa shape index (κ1) is 18.4. The van der Waals surface area contributed by atoms with Gasteiger partial charge in [-0.3, -0.25) is 0 Å². The second kappa shape index (κ2) is 7.58. The highest BCUT2D eigenvalue weighted by atomic mass is 16.5. The number of pyridine rings is 1. The summed E-state index contributed by atoms with van der Waals surface area (Å²) in [5, 5.41) is 0.913. The summed E-state index contributed by atoms with van der Waals surface area (Å²) in [5.41, 5.74) is 3.88. The molecule has 0 N–H and O–H groups in total. The minimum absolute atomic E-state index is 0.680. The van der Waals surface area contributed by atoms with Gasteiger partial charge < -0.3 is 19.1 Å². The summed E-state index contributed by atoms with van der Waals surface area (Å²) in [6.45, 7) is 4.04. The van der Waals surface area contributed by atoms with Crippen molar-refractivity contribution in [3.63, 3.8) is 0 Å². The van der Waals surface area contributed by atoms with Crippen LogP contribution < -0.4 is 19.1 Å². The van der Waals surface area contributed by atoms with Crippen molar-refractivity contribution in [1.29, 1.82) is 0 Å². The van der Waals surface area contributed by atoms with E-state index in [0.29, 0.717) is 11.5 Å². The molecule has 4 rings (SSSR count). The molecule has 5 nitrogen and oxygen atoms in total. The summed E-state index contributed by atoms with van der Waals surface area (Å²) in [6.07, 6.45) is 2.39. The smallest absolute Gasteiger partial charge is 0.171 e. The summed E-state index contributed by atoms with van der Waals surface area (Å²) < 4.78 is 17.3. The van der Waals surface area contributed by atoms with E-state index >= 15 is 0 Å². The van der Waals surface area contributed by atoms with E-state index in [1.165, 1.54) is 12.8 Å². The van der Waals surface area contributed by atoms with Crippen molar-refractivity contribution in [2.24, 2.45) is 0 Å². The maximum atomic E-state index is 5.82. The van der Waals surface area contributed by atoms with Crippen LogP contribution in [0.1, 0.15) is 18.4 Å². The number of rotatable bonds is 5. The highest BCUT2D eigenvalue weighted by Gasteiger charge is 2.25. The van der Waals surface area contributed by atoms with Gasteiger partial charge in [0.15, 0.2) is 17.2 Å². The van der Waals surface area contributed by atoms with Crippen LogP contribution in [0, 0.1) is 6.92 Å². The Balaban J connectivity index is 2.13. The van der Waals surface area contributed by atoms with Crippen LogP contribution in [0.25, 0.3) is 22.0 Å². The largest absolute Gasteiger partial charge is 0.494 e. The third kappa shape index (κ3) is 2.91. The first-order valence-electron chi connectivity index (χ1n) is 9.63. The SMILES string of the molecule is COc1c(C)c(OC)c2nc(N3CCCC3)cc(-c3ccccc3)c2c1OC. The number of fused-ring (bicyclic) bond motifs is 1. The van der Waals surface area contributed by atoms with Crippen molar-refractivity contribution in [2.45, 2.75) is 19.8 Å². The summed E-state index contributed by atoms with van der Waals surface area (Å²) in [4.78, 5) is 7.37. The number of nitrogens with zero attached hydrogens (tertiary/aromatic N) is 2. The van der Waals surface area contributed by atoms with Crippen LogP contribution in [0.2, 0.25) is 0 Å². The lowest BCUT2D eigenvalue weighted by molar-refractivity contribution is 0.350. The zero-order chi connectivity index (χ0) is 19.7. The highest BCUT2D eigenvalue weighted by molar-refractivity contribution is 6.05. The fourth-order valence-electron chi connectivity index (χ4n) is 4.13. The third-order valence-electron chi connectivity index (χ3n) is 5.46. The van der Waals surface area contributed by atoms with Crippen molar-refractivity contribution < 1.29 is 14.2 Å². The van der Waals surface area contributed by atoms with E-state index < -0.39 is 0 Å². The average Bonchev–Trinajstić information content (AvgIpc) is 3.27. The van der Waals surface area contributed by atoms with E-state index in [4.69, 9.17) is 19.2 Å². The van der Waals surface area contributed by atoms with Crippen LogP contribution in [0.4, 0.5) is 5.82 Å². The molecule has 1 aliphatic heterocycles. The molecule has 2 heterocycles. The van der Waals surface area contributed by atoms with E-state index in [-0.39, 0.29) is 0 Å². The minimum atomic E-state index is 0.680. The van der Waals surface area contributed by atoms with Crippen LogP contribution in [-0.4, -0.2) is 39.4 Å².